The van der Waals surface area contributed by atoms with Gasteiger partial charge in [0.25, 0.3) is 0 Å². The fourth-order valence-electron chi connectivity index (χ4n) is 3.22. The minimum Gasteiger partial charge on any atom is -0.380 e. The molecule has 1 aromatic heterocycles. The van der Waals surface area contributed by atoms with Gasteiger partial charge in [0.05, 0.1) is 18.2 Å². The number of amides is 2. The molecule has 1 aromatic rings. The summed E-state index contributed by atoms with van der Waals surface area (Å²) < 4.78 is 43.1. The summed E-state index contributed by atoms with van der Waals surface area (Å²) in [7, 11) is 0. The summed E-state index contributed by atoms with van der Waals surface area (Å²) in [6, 6.07) is 0.0158. The molecule has 8 nitrogen and oxygen atoms in total. The van der Waals surface area contributed by atoms with Crippen LogP contribution in [-0.4, -0.2) is 83.8 Å². The van der Waals surface area contributed by atoms with Crippen LogP contribution in [0.4, 0.5) is 23.9 Å². The maximum atomic E-state index is 12.6. The first-order valence-corrected chi connectivity index (χ1v) is 9.28. The molecule has 1 unspecified atom stereocenters. The average Bonchev–Trinajstić information content (AvgIpc) is 2.94. The highest BCUT2D eigenvalue weighted by atomic mass is 19.4. The maximum Gasteiger partial charge on any atom is 0.419 e. The van der Waals surface area contributed by atoms with Gasteiger partial charge in [-0.15, -0.1) is 0 Å². The van der Waals surface area contributed by atoms with Crippen molar-refractivity contribution in [2.75, 3.05) is 50.8 Å². The summed E-state index contributed by atoms with van der Waals surface area (Å²) in [5, 5.41) is 0. The first kappa shape index (κ1) is 20.6. The molecule has 2 amide bonds. The molecule has 3 heterocycles. The largest absolute Gasteiger partial charge is 0.419 e. The molecule has 0 spiro atoms. The van der Waals surface area contributed by atoms with Crippen LogP contribution in [0.25, 0.3) is 0 Å². The number of urea groups is 1. The van der Waals surface area contributed by atoms with Gasteiger partial charge >= 0.3 is 12.2 Å². The monoisotopic (exact) mass is 402 g/mol. The fraction of sp³-hybridized carbons (Fsp3) is 0.706. The van der Waals surface area contributed by atoms with Gasteiger partial charge in [-0.25, -0.2) is 14.8 Å². The van der Waals surface area contributed by atoms with Crippen molar-refractivity contribution in [3.8, 4) is 0 Å². The van der Waals surface area contributed by atoms with Crippen molar-refractivity contribution < 1.29 is 22.7 Å². The second kappa shape index (κ2) is 8.48. The summed E-state index contributed by atoms with van der Waals surface area (Å²) in [6.07, 6.45) is -2.13. The highest BCUT2D eigenvalue weighted by molar-refractivity contribution is 5.77. The van der Waals surface area contributed by atoms with Crippen molar-refractivity contribution in [1.82, 2.24) is 19.8 Å². The van der Waals surface area contributed by atoms with E-state index in [9.17, 15) is 18.0 Å². The molecule has 2 fully saturated rings. The third kappa shape index (κ3) is 4.82. The van der Waals surface area contributed by atoms with Crippen LogP contribution in [0.1, 0.15) is 18.9 Å². The highest BCUT2D eigenvalue weighted by Crippen LogP contribution is 2.29. The lowest BCUT2D eigenvalue weighted by molar-refractivity contribution is -0.138. The van der Waals surface area contributed by atoms with Crippen LogP contribution in [0, 0.1) is 0 Å². The molecule has 2 aliphatic heterocycles. The molecule has 0 saturated carbocycles. The number of halogens is 3. The van der Waals surface area contributed by atoms with Gasteiger partial charge in [-0.1, -0.05) is 0 Å². The van der Waals surface area contributed by atoms with Gasteiger partial charge in [0.15, 0.2) is 0 Å². The number of rotatable bonds is 8. The van der Waals surface area contributed by atoms with Crippen LogP contribution in [0.2, 0.25) is 0 Å². The van der Waals surface area contributed by atoms with Crippen LogP contribution < -0.4 is 10.6 Å². The molecule has 0 aromatic carbocycles. The van der Waals surface area contributed by atoms with E-state index < -0.39 is 11.7 Å². The van der Waals surface area contributed by atoms with E-state index in [1.54, 1.807) is 9.80 Å². The minimum absolute atomic E-state index is 0.000817. The van der Waals surface area contributed by atoms with Gasteiger partial charge in [0.2, 0.25) is 5.95 Å². The van der Waals surface area contributed by atoms with E-state index in [4.69, 9.17) is 10.5 Å². The molecule has 0 bridgehead atoms. The topological polar surface area (TPSA) is 87.8 Å². The Bertz CT molecular complexity index is 664. The van der Waals surface area contributed by atoms with Crippen LogP contribution >= 0.6 is 0 Å². The van der Waals surface area contributed by atoms with E-state index in [1.807, 2.05) is 11.8 Å². The minimum atomic E-state index is -4.45. The number of anilines is 1. The third-order valence-corrected chi connectivity index (χ3v) is 4.78. The quantitative estimate of drug-likeness (QED) is 0.657. The lowest BCUT2D eigenvalue weighted by Crippen LogP contribution is -2.60. The number of hydrogen-bond acceptors (Lipinski definition) is 6. The van der Waals surface area contributed by atoms with Crippen LogP contribution in [0.15, 0.2) is 12.4 Å². The molecule has 1 atom stereocenters. The Morgan fingerprint density at radius 2 is 1.96 bits per heavy atom. The highest BCUT2D eigenvalue weighted by Gasteiger charge is 2.40. The van der Waals surface area contributed by atoms with Crippen molar-refractivity contribution in [1.29, 1.82) is 0 Å². The Labute approximate surface area is 161 Å². The van der Waals surface area contributed by atoms with E-state index in [1.165, 1.54) is 0 Å². The van der Waals surface area contributed by atoms with E-state index in [2.05, 4.69) is 9.97 Å². The maximum absolute atomic E-state index is 12.6. The number of ether oxygens (including phenoxy) is 1. The number of hydrogen-bond donors (Lipinski definition) is 1. The smallest absolute Gasteiger partial charge is 0.380 e. The molecular formula is C17H25F3N6O2. The second-order valence-electron chi connectivity index (χ2n) is 7.20. The lowest BCUT2D eigenvalue weighted by Gasteiger charge is -2.43. The van der Waals surface area contributed by atoms with Gasteiger partial charge in [-0.3, -0.25) is 0 Å². The van der Waals surface area contributed by atoms with Crippen LogP contribution in [0.3, 0.4) is 0 Å². The standard InChI is InChI=1S/C17H25F3N6O2/c1-12(21)11-28-6-2-3-24-4-5-26(16(24)27)14-9-25(10-14)15-22-7-13(8-23-15)17(18,19)20/h7-8,12,14H,2-6,9-11,21H2,1H3. The molecule has 3 rings (SSSR count). The van der Waals surface area contributed by atoms with E-state index in [-0.39, 0.29) is 24.1 Å². The molecular weight excluding hydrogens is 377 g/mol. The fourth-order valence-corrected chi connectivity index (χ4v) is 3.22. The van der Waals surface area contributed by atoms with Gasteiger partial charge in [-0.2, -0.15) is 13.2 Å². The van der Waals surface area contributed by atoms with Gasteiger partial charge in [0.1, 0.15) is 0 Å². The number of aromatic nitrogens is 2. The summed E-state index contributed by atoms with van der Waals surface area (Å²) in [5.74, 6) is 0.249. The predicted octanol–water partition coefficient (Wildman–Crippen LogP) is 1.18. The first-order chi connectivity index (χ1) is 13.3. The number of alkyl halides is 3. The Kier molecular flexibility index (Phi) is 6.23. The molecule has 2 aliphatic rings. The summed E-state index contributed by atoms with van der Waals surface area (Å²) >= 11 is 0. The second-order valence-corrected chi connectivity index (χ2v) is 7.20. The van der Waals surface area contributed by atoms with Gasteiger partial charge in [-0.05, 0) is 13.3 Å². The molecule has 11 heteroatoms. The zero-order chi connectivity index (χ0) is 20.3. The Morgan fingerprint density at radius 1 is 1.29 bits per heavy atom. The number of nitrogens with two attached hydrogens (primary N) is 1. The molecule has 156 valence electrons. The van der Waals surface area contributed by atoms with Crippen molar-refractivity contribution in [3.05, 3.63) is 18.0 Å². The summed E-state index contributed by atoms with van der Waals surface area (Å²) in [5.41, 5.74) is 4.74. The molecule has 0 radical (unpaired) electrons. The number of nitrogens with zero attached hydrogens (tertiary/aromatic N) is 5. The van der Waals surface area contributed by atoms with Crippen LogP contribution in [-0.2, 0) is 10.9 Å². The van der Waals surface area contributed by atoms with E-state index in [0.717, 1.165) is 18.8 Å². The number of carbonyl (C=O) groups is 1. The summed E-state index contributed by atoms with van der Waals surface area (Å²) in [4.78, 5) is 25.5. The zero-order valence-corrected chi connectivity index (χ0v) is 15.7. The van der Waals surface area contributed by atoms with E-state index >= 15 is 0 Å². The third-order valence-electron chi connectivity index (χ3n) is 4.78. The number of carbonyl (C=O) groups excluding carboxylic acids is 1. The molecule has 2 N–H and O–H groups in total. The molecule has 2 saturated heterocycles. The van der Waals surface area contributed by atoms with Crippen molar-refractivity contribution >= 4 is 12.0 Å². The lowest BCUT2D eigenvalue weighted by atomic mass is 10.1. The van der Waals surface area contributed by atoms with Crippen LogP contribution in [0.5, 0.6) is 0 Å². The van der Waals surface area contributed by atoms with Crippen molar-refractivity contribution in [2.24, 2.45) is 5.73 Å². The Morgan fingerprint density at radius 3 is 2.57 bits per heavy atom. The SMILES string of the molecule is CC(N)COCCCN1CCN(C2CN(c3ncc(C(F)(F)F)cn3)C2)C1=O. The van der Waals surface area contributed by atoms with Crippen molar-refractivity contribution in [3.63, 3.8) is 0 Å². The van der Waals surface area contributed by atoms with E-state index in [0.29, 0.717) is 45.9 Å². The van der Waals surface area contributed by atoms with Gasteiger partial charge in [0, 0.05) is 57.8 Å². The van der Waals surface area contributed by atoms with Gasteiger partial charge < -0.3 is 25.2 Å². The zero-order valence-electron chi connectivity index (χ0n) is 15.7. The molecule has 0 aliphatic carbocycles. The predicted molar refractivity (Wildman–Crippen MR) is 95.8 cm³/mol. The van der Waals surface area contributed by atoms with Crippen molar-refractivity contribution in [2.45, 2.75) is 31.6 Å². The summed E-state index contributed by atoms with van der Waals surface area (Å²) in [6.45, 7) is 5.92. The molecule has 28 heavy (non-hydrogen) atoms. The Hall–Kier alpha value is -2.14. The first-order valence-electron chi connectivity index (χ1n) is 9.28. The Balaban J connectivity index is 1.41. The normalized spacial score (nSPS) is 19.3. The average molecular weight is 402 g/mol.